The van der Waals surface area contributed by atoms with Gasteiger partial charge in [0, 0.05) is 38.9 Å². The SMILES string of the molecule is Cc1ccccc1NC(=O)COc1c(/C=N/NC(=O)c2ccc(COc3ccc(-n4c(C)ccc4C)cc3)o2)cc(Br)cc1[N+](=O)[O-]. The Kier molecular flexibility index (Phi) is 10.2. The van der Waals surface area contributed by atoms with Crippen molar-refractivity contribution in [3.8, 4) is 17.2 Å². The highest BCUT2D eigenvalue weighted by Crippen LogP contribution is 2.34. The van der Waals surface area contributed by atoms with E-state index in [9.17, 15) is 19.7 Å². The zero-order valence-electron chi connectivity index (χ0n) is 25.7. The lowest BCUT2D eigenvalue weighted by atomic mass is 10.2. The Balaban J connectivity index is 1.20. The van der Waals surface area contributed by atoms with Crippen molar-refractivity contribution in [2.45, 2.75) is 27.4 Å². The molecular formula is C34H30BrN5O7. The minimum atomic E-state index is -0.654. The van der Waals surface area contributed by atoms with Gasteiger partial charge >= 0.3 is 11.6 Å². The van der Waals surface area contributed by atoms with Crippen LogP contribution in [0.15, 0.2) is 98.9 Å². The number of anilines is 1. The van der Waals surface area contributed by atoms with Crippen LogP contribution in [0.25, 0.3) is 5.69 Å². The maximum absolute atomic E-state index is 12.7. The molecule has 2 N–H and O–H groups in total. The third-order valence-electron chi connectivity index (χ3n) is 7.03. The van der Waals surface area contributed by atoms with Gasteiger partial charge in [-0.3, -0.25) is 19.7 Å². The molecule has 240 valence electrons. The smallest absolute Gasteiger partial charge is 0.312 e. The summed E-state index contributed by atoms with van der Waals surface area (Å²) in [5, 5.41) is 18.4. The zero-order chi connectivity index (χ0) is 33.5. The molecule has 2 amide bonds. The van der Waals surface area contributed by atoms with E-state index in [1.165, 1.54) is 24.4 Å². The van der Waals surface area contributed by atoms with E-state index in [0.29, 0.717) is 21.7 Å². The second kappa shape index (κ2) is 14.6. The summed E-state index contributed by atoms with van der Waals surface area (Å²) in [4.78, 5) is 36.4. The number of carbonyl (C=O) groups is 2. The normalized spacial score (nSPS) is 11.0. The Hall–Kier alpha value is -5.69. The van der Waals surface area contributed by atoms with Crippen LogP contribution in [0.1, 0.15) is 38.8 Å². The fourth-order valence-corrected chi connectivity index (χ4v) is 5.20. The van der Waals surface area contributed by atoms with Gasteiger partial charge in [0.1, 0.15) is 18.1 Å². The first-order valence-corrected chi connectivity index (χ1v) is 15.1. The van der Waals surface area contributed by atoms with Crippen LogP contribution in [-0.2, 0) is 11.4 Å². The average molecular weight is 701 g/mol. The quantitative estimate of drug-likeness (QED) is 0.0806. The average Bonchev–Trinajstić information content (AvgIpc) is 3.66. The lowest BCUT2D eigenvalue weighted by Gasteiger charge is -2.11. The predicted octanol–water partition coefficient (Wildman–Crippen LogP) is 7.03. The van der Waals surface area contributed by atoms with Gasteiger partial charge in [-0.1, -0.05) is 34.1 Å². The number of carbonyl (C=O) groups excluding carboxylic acids is 2. The van der Waals surface area contributed by atoms with Crippen molar-refractivity contribution in [1.82, 2.24) is 9.99 Å². The number of aromatic nitrogens is 1. The number of nitro groups is 1. The highest BCUT2D eigenvalue weighted by Gasteiger charge is 2.22. The highest BCUT2D eigenvalue weighted by molar-refractivity contribution is 9.10. The predicted molar refractivity (Wildman–Crippen MR) is 179 cm³/mol. The molecular weight excluding hydrogens is 670 g/mol. The molecule has 0 radical (unpaired) electrons. The summed E-state index contributed by atoms with van der Waals surface area (Å²) in [6, 6.07) is 24.8. The minimum Gasteiger partial charge on any atom is -0.486 e. The summed E-state index contributed by atoms with van der Waals surface area (Å²) in [7, 11) is 0. The van der Waals surface area contributed by atoms with E-state index in [2.05, 4.69) is 48.5 Å². The second-order valence-electron chi connectivity index (χ2n) is 10.5. The number of hydrazone groups is 1. The Morgan fingerprint density at radius 3 is 2.40 bits per heavy atom. The van der Waals surface area contributed by atoms with E-state index < -0.39 is 29.0 Å². The largest absolute Gasteiger partial charge is 0.486 e. The van der Waals surface area contributed by atoms with E-state index in [4.69, 9.17) is 13.9 Å². The fraction of sp³-hybridized carbons (Fsp3) is 0.147. The number of para-hydroxylation sites is 1. The molecule has 0 saturated heterocycles. The molecule has 5 rings (SSSR count). The van der Waals surface area contributed by atoms with E-state index in [1.807, 2.05) is 57.2 Å². The Labute approximate surface area is 278 Å². The van der Waals surface area contributed by atoms with Gasteiger partial charge < -0.3 is 23.8 Å². The molecule has 0 saturated carbocycles. The Morgan fingerprint density at radius 1 is 0.979 bits per heavy atom. The molecule has 0 atom stereocenters. The number of hydrogen-bond acceptors (Lipinski definition) is 8. The monoisotopic (exact) mass is 699 g/mol. The molecule has 0 aliphatic heterocycles. The number of nitrogens with zero attached hydrogens (tertiary/aromatic N) is 3. The van der Waals surface area contributed by atoms with Crippen molar-refractivity contribution < 1.29 is 28.4 Å². The lowest BCUT2D eigenvalue weighted by Crippen LogP contribution is -2.21. The maximum atomic E-state index is 12.7. The highest BCUT2D eigenvalue weighted by atomic mass is 79.9. The van der Waals surface area contributed by atoms with Gasteiger partial charge in [0.15, 0.2) is 12.4 Å². The summed E-state index contributed by atoms with van der Waals surface area (Å²) < 4.78 is 19.5. The van der Waals surface area contributed by atoms with E-state index in [1.54, 1.807) is 18.2 Å². The molecule has 2 aromatic heterocycles. The van der Waals surface area contributed by atoms with Crippen LogP contribution < -0.4 is 20.2 Å². The topological polar surface area (TPSA) is 150 Å². The lowest BCUT2D eigenvalue weighted by molar-refractivity contribution is -0.385. The summed E-state index contributed by atoms with van der Waals surface area (Å²) in [5.74, 6) is -0.317. The number of hydrogen-bond donors (Lipinski definition) is 2. The van der Waals surface area contributed by atoms with Crippen LogP contribution in [0.3, 0.4) is 0 Å². The van der Waals surface area contributed by atoms with Crippen LogP contribution in [0.5, 0.6) is 11.5 Å². The molecule has 12 nitrogen and oxygen atoms in total. The van der Waals surface area contributed by atoms with Gasteiger partial charge in [0.25, 0.3) is 5.91 Å². The number of furan rings is 1. The summed E-state index contributed by atoms with van der Waals surface area (Å²) in [6.45, 7) is 5.52. The summed E-state index contributed by atoms with van der Waals surface area (Å²) >= 11 is 3.24. The fourth-order valence-electron chi connectivity index (χ4n) is 4.74. The molecule has 5 aromatic rings. The van der Waals surface area contributed by atoms with Crippen molar-refractivity contribution in [3.05, 3.63) is 134 Å². The molecule has 0 aliphatic rings. The van der Waals surface area contributed by atoms with E-state index in [0.717, 1.165) is 22.6 Å². The Bertz CT molecular complexity index is 1940. The third kappa shape index (κ3) is 8.13. The molecule has 0 fully saturated rings. The number of aryl methyl sites for hydroxylation is 3. The first-order valence-electron chi connectivity index (χ1n) is 14.4. The van der Waals surface area contributed by atoms with E-state index >= 15 is 0 Å². The molecule has 0 aliphatic carbocycles. The first kappa shape index (κ1) is 32.7. The van der Waals surface area contributed by atoms with Crippen molar-refractivity contribution in [2.75, 3.05) is 11.9 Å². The first-order chi connectivity index (χ1) is 22.6. The van der Waals surface area contributed by atoms with Gasteiger partial charge in [-0.05, 0) is 87.0 Å². The number of amides is 2. The minimum absolute atomic E-state index is 0.0146. The third-order valence-corrected chi connectivity index (χ3v) is 7.49. The van der Waals surface area contributed by atoms with Crippen LogP contribution in [0.4, 0.5) is 11.4 Å². The number of benzene rings is 3. The number of halogens is 1. The standard InChI is InChI=1S/C34H30BrN5O7/c1-21-6-4-5-7-29(21)37-32(41)20-46-33-24(16-25(35)17-30(33)40(43)44)18-36-38-34(42)31-15-14-28(47-31)19-45-27-12-10-26(11-13-27)39-22(2)8-9-23(39)3/h4-18H,19-20H2,1-3H3,(H,37,41)(H,38,42)/b36-18+. The summed E-state index contributed by atoms with van der Waals surface area (Å²) in [6.07, 6.45) is 1.18. The van der Waals surface area contributed by atoms with Gasteiger partial charge in [-0.2, -0.15) is 5.10 Å². The number of ether oxygens (including phenoxy) is 2. The zero-order valence-corrected chi connectivity index (χ0v) is 27.2. The molecule has 0 bridgehead atoms. The molecule has 0 spiro atoms. The van der Waals surface area contributed by atoms with Crippen LogP contribution >= 0.6 is 15.9 Å². The molecule has 0 unspecified atom stereocenters. The van der Waals surface area contributed by atoms with Gasteiger partial charge in [0.05, 0.1) is 11.1 Å². The van der Waals surface area contributed by atoms with E-state index in [-0.39, 0.29) is 23.7 Å². The van der Waals surface area contributed by atoms with Gasteiger partial charge in [0.2, 0.25) is 5.75 Å². The molecule has 13 heteroatoms. The summed E-state index contributed by atoms with van der Waals surface area (Å²) in [5.41, 5.74) is 6.82. The van der Waals surface area contributed by atoms with Crippen LogP contribution in [0, 0.1) is 30.9 Å². The second-order valence-corrected chi connectivity index (χ2v) is 11.4. The van der Waals surface area contributed by atoms with Gasteiger partial charge in [-0.15, -0.1) is 0 Å². The number of nitrogens with one attached hydrogen (secondary N) is 2. The Morgan fingerprint density at radius 2 is 1.70 bits per heavy atom. The van der Waals surface area contributed by atoms with Crippen LogP contribution in [0.2, 0.25) is 0 Å². The van der Waals surface area contributed by atoms with Crippen LogP contribution in [-0.4, -0.2) is 34.1 Å². The van der Waals surface area contributed by atoms with Crippen molar-refractivity contribution >= 4 is 45.3 Å². The number of nitro benzene ring substituents is 1. The van der Waals surface area contributed by atoms with Crippen molar-refractivity contribution in [3.63, 3.8) is 0 Å². The van der Waals surface area contributed by atoms with Gasteiger partial charge in [-0.25, -0.2) is 5.43 Å². The molecule has 3 aromatic carbocycles. The maximum Gasteiger partial charge on any atom is 0.312 e. The molecule has 2 heterocycles. The van der Waals surface area contributed by atoms with Crippen molar-refractivity contribution in [1.29, 1.82) is 0 Å². The molecule has 47 heavy (non-hydrogen) atoms. The van der Waals surface area contributed by atoms with Crippen molar-refractivity contribution in [2.24, 2.45) is 5.10 Å². The number of rotatable bonds is 12.